The summed E-state index contributed by atoms with van der Waals surface area (Å²) in [6.45, 7) is 6.24. The van der Waals surface area contributed by atoms with E-state index in [4.69, 9.17) is 4.98 Å². The highest BCUT2D eigenvalue weighted by atomic mass is 16.3. The number of aliphatic hydroxyl groups is 1. The van der Waals surface area contributed by atoms with Crippen LogP contribution >= 0.6 is 0 Å². The second-order valence-corrected chi connectivity index (χ2v) is 7.38. The molecule has 0 radical (unpaired) electrons. The summed E-state index contributed by atoms with van der Waals surface area (Å²) >= 11 is 0. The van der Waals surface area contributed by atoms with Crippen LogP contribution < -0.4 is 5.56 Å². The first kappa shape index (κ1) is 18.8. The summed E-state index contributed by atoms with van der Waals surface area (Å²) in [7, 11) is 0. The Morgan fingerprint density at radius 3 is 3.00 bits per heavy atom. The van der Waals surface area contributed by atoms with Crippen LogP contribution in [0.25, 0.3) is 0 Å². The molecule has 1 aliphatic rings. The standard InChI is InChI=1S/C21H29N3O2/c1-3-4-8-17(25)13-24-10-9-19-18(14-24)21(26)23-20(22-19)12-16-7-5-6-15(2)11-16/h5-7,11,17,25H,3-4,8-10,12-14H2,1-2H3,(H,22,23,26)/t17-/m0/s1. The number of nitrogens with one attached hydrogen (secondary N) is 1. The molecule has 0 bridgehead atoms. The molecule has 0 saturated carbocycles. The van der Waals surface area contributed by atoms with Gasteiger partial charge in [0.05, 0.1) is 17.4 Å². The monoisotopic (exact) mass is 355 g/mol. The number of β-amino-alcohol motifs (C(OH)–C–C–N with tert-alkyl or cyclic N) is 1. The molecule has 5 nitrogen and oxygen atoms in total. The van der Waals surface area contributed by atoms with Gasteiger partial charge in [0, 0.05) is 32.5 Å². The average molecular weight is 355 g/mol. The van der Waals surface area contributed by atoms with E-state index < -0.39 is 0 Å². The van der Waals surface area contributed by atoms with E-state index in [1.807, 2.05) is 6.07 Å². The molecule has 1 atom stereocenters. The Kier molecular flexibility index (Phi) is 6.22. The van der Waals surface area contributed by atoms with Crippen molar-refractivity contribution in [2.24, 2.45) is 0 Å². The average Bonchev–Trinajstić information content (AvgIpc) is 2.60. The number of aryl methyl sites for hydroxylation is 1. The molecule has 0 saturated heterocycles. The van der Waals surface area contributed by atoms with Crippen molar-refractivity contribution in [1.29, 1.82) is 0 Å². The maximum atomic E-state index is 12.6. The number of H-pyrrole nitrogens is 1. The molecule has 2 aromatic rings. The van der Waals surface area contributed by atoms with Crippen LogP contribution in [0.3, 0.4) is 0 Å². The predicted octanol–water partition coefficient (Wildman–Crippen LogP) is 2.58. The van der Waals surface area contributed by atoms with Crippen molar-refractivity contribution in [1.82, 2.24) is 14.9 Å². The number of rotatable bonds is 7. The number of nitrogens with zero attached hydrogens (tertiary/aromatic N) is 2. The van der Waals surface area contributed by atoms with Crippen LogP contribution in [0.5, 0.6) is 0 Å². The van der Waals surface area contributed by atoms with Crippen LogP contribution in [-0.2, 0) is 19.4 Å². The van der Waals surface area contributed by atoms with Gasteiger partial charge in [0.15, 0.2) is 0 Å². The van der Waals surface area contributed by atoms with Crippen molar-refractivity contribution in [3.05, 3.63) is 62.8 Å². The fourth-order valence-corrected chi connectivity index (χ4v) is 3.62. The topological polar surface area (TPSA) is 69.2 Å². The van der Waals surface area contributed by atoms with Gasteiger partial charge in [-0.3, -0.25) is 9.69 Å². The second-order valence-electron chi connectivity index (χ2n) is 7.38. The highest BCUT2D eigenvalue weighted by molar-refractivity contribution is 5.27. The molecule has 0 amide bonds. The van der Waals surface area contributed by atoms with Gasteiger partial charge in [-0.2, -0.15) is 0 Å². The van der Waals surface area contributed by atoms with Gasteiger partial charge in [0.25, 0.3) is 5.56 Å². The zero-order valence-electron chi connectivity index (χ0n) is 15.8. The van der Waals surface area contributed by atoms with Gasteiger partial charge in [-0.1, -0.05) is 49.6 Å². The summed E-state index contributed by atoms with van der Waals surface area (Å²) < 4.78 is 0. The predicted molar refractivity (Wildman–Crippen MR) is 103 cm³/mol. The van der Waals surface area contributed by atoms with Crippen molar-refractivity contribution >= 4 is 0 Å². The minimum Gasteiger partial charge on any atom is -0.392 e. The number of hydrogen-bond acceptors (Lipinski definition) is 4. The van der Waals surface area contributed by atoms with Crippen LogP contribution in [0.1, 0.15) is 54.4 Å². The molecule has 0 spiro atoms. The van der Waals surface area contributed by atoms with Crippen molar-refractivity contribution < 1.29 is 5.11 Å². The van der Waals surface area contributed by atoms with E-state index in [1.165, 1.54) is 5.56 Å². The highest BCUT2D eigenvalue weighted by Gasteiger charge is 2.22. The van der Waals surface area contributed by atoms with E-state index in [0.717, 1.165) is 54.9 Å². The fourth-order valence-electron chi connectivity index (χ4n) is 3.62. The highest BCUT2D eigenvalue weighted by Crippen LogP contribution is 2.16. The van der Waals surface area contributed by atoms with E-state index in [2.05, 4.69) is 41.9 Å². The zero-order valence-corrected chi connectivity index (χ0v) is 15.8. The number of aliphatic hydroxyl groups excluding tert-OH is 1. The van der Waals surface area contributed by atoms with Gasteiger partial charge in [0.2, 0.25) is 0 Å². The normalized spacial score (nSPS) is 15.7. The van der Waals surface area contributed by atoms with Gasteiger partial charge in [0.1, 0.15) is 5.82 Å². The first-order valence-corrected chi connectivity index (χ1v) is 9.62. The number of benzene rings is 1. The molecule has 2 N–H and O–H groups in total. The molecule has 1 aromatic carbocycles. The van der Waals surface area contributed by atoms with E-state index in [0.29, 0.717) is 19.5 Å². The third-order valence-corrected chi connectivity index (χ3v) is 5.01. The largest absolute Gasteiger partial charge is 0.392 e. The van der Waals surface area contributed by atoms with Gasteiger partial charge >= 0.3 is 0 Å². The molecule has 0 unspecified atom stereocenters. The first-order valence-electron chi connectivity index (χ1n) is 9.62. The minimum absolute atomic E-state index is 0.0367. The molecule has 140 valence electrons. The Labute approximate surface area is 155 Å². The fraction of sp³-hybridized carbons (Fsp3) is 0.524. The maximum Gasteiger partial charge on any atom is 0.255 e. The van der Waals surface area contributed by atoms with E-state index in [9.17, 15) is 9.90 Å². The third kappa shape index (κ3) is 4.80. The first-order chi connectivity index (χ1) is 12.5. The molecule has 0 fully saturated rings. The molecule has 5 heteroatoms. The van der Waals surface area contributed by atoms with Gasteiger partial charge in [-0.05, 0) is 18.9 Å². The molecule has 0 aliphatic carbocycles. The van der Waals surface area contributed by atoms with Crippen LogP contribution in [0.15, 0.2) is 29.1 Å². The Bertz CT molecular complexity index is 800. The number of aromatic amines is 1. The Morgan fingerprint density at radius 1 is 1.38 bits per heavy atom. The summed E-state index contributed by atoms with van der Waals surface area (Å²) in [6, 6.07) is 8.28. The Morgan fingerprint density at radius 2 is 2.23 bits per heavy atom. The SMILES string of the molecule is CCCC[C@H](O)CN1CCc2nc(Cc3cccc(C)c3)[nH]c(=O)c2C1. The summed E-state index contributed by atoms with van der Waals surface area (Å²) in [5.74, 6) is 0.732. The van der Waals surface area contributed by atoms with Crippen molar-refractivity contribution in [2.45, 2.75) is 58.6 Å². The Balaban J connectivity index is 1.69. The quantitative estimate of drug-likeness (QED) is 0.801. The third-order valence-electron chi connectivity index (χ3n) is 5.01. The lowest BCUT2D eigenvalue weighted by Crippen LogP contribution is -2.40. The van der Waals surface area contributed by atoms with Crippen LogP contribution in [0.2, 0.25) is 0 Å². The minimum atomic E-state index is -0.316. The lowest BCUT2D eigenvalue weighted by molar-refractivity contribution is 0.0960. The lowest BCUT2D eigenvalue weighted by Gasteiger charge is -2.29. The molecule has 26 heavy (non-hydrogen) atoms. The zero-order chi connectivity index (χ0) is 18.5. The number of hydrogen-bond donors (Lipinski definition) is 2. The molecule has 1 aliphatic heterocycles. The summed E-state index contributed by atoms with van der Waals surface area (Å²) in [6.07, 6.45) is 4.04. The van der Waals surface area contributed by atoms with Crippen molar-refractivity contribution in [3.63, 3.8) is 0 Å². The molecule has 2 heterocycles. The summed E-state index contributed by atoms with van der Waals surface area (Å²) in [5.41, 5.74) is 4.00. The van der Waals surface area contributed by atoms with Gasteiger partial charge in [-0.15, -0.1) is 0 Å². The summed E-state index contributed by atoms with van der Waals surface area (Å²) in [5, 5.41) is 10.1. The van der Waals surface area contributed by atoms with Gasteiger partial charge < -0.3 is 10.1 Å². The molecular weight excluding hydrogens is 326 g/mol. The van der Waals surface area contributed by atoms with Crippen LogP contribution in [-0.4, -0.2) is 39.2 Å². The van der Waals surface area contributed by atoms with Gasteiger partial charge in [-0.25, -0.2) is 4.98 Å². The number of aromatic nitrogens is 2. The maximum absolute atomic E-state index is 12.6. The smallest absolute Gasteiger partial charge is 0.255 e. The van der Waals surface area contributed by atoms with E-state index in [-0.39, 0.29) is 11.7 Å². The lowest BCUT2D eigenvalue weighted by atomic mass is 10.0. The van der Waals surface area contributed by atoms with Crippen LogP contribution in [0.4, 0.5) is 0 Å². The van der Waals surface area contributed by atoms with Crippen LogP contribution in [0, 0.1) is 6.92 Å². The Hall–Kier alpha value is -1.98. The number of fused-ring (bicyclic) bond motifs is 1. The molecule has 3 rings (SSSR count). The van der Waals surface area contributed by atoms with Crippen molar-refractivity contribution in [3.8, 4) is 0 Å². The summed E-state index contributed by atoms with van der Waals surface area (Å²) in [4.78, 5) is 22.4. The van der Waals surface area contributed by atoms with E-state index >= 15 is 0 Å². The molecular formula is C21H29N3O2. The number of unbranched alkanes of at least 4 members (excludes halogenated alkanes) is 1. The van der Waals surface area contributed by atoms with E-state index in [1.54, 1.807) is 0 Å². The van der Waals surface area contributed by atoms with Crippen molar-refractivity contribution in [2.75, 3.05) is 13.1 Å². The molecule has 1 aromatic heterocycles. The second kappa shape index (κ2) is 8.60.